The predicted octanol–water partition coefficient (Wildman–Crippen LogP) is 2.54. The first kappa shape index (κ1) is 17.0. The second kappa shape index (κ2) is 6.69. The fourth-order valence-electron chi connectivity index (χ4n) is 3.26. The van der Waals surface area contributed by atoms with Gasteiger partial charge in [-0.15, -0.1) is 11.3 Å². The Morgan fingerprint density at radius 3 is 2.92 bits per heavy atom. The molecular weight excluding hydrogens is 350 g/mol. The third-order valence-corrected chi connectivity index (χ3v) is 5.76. The van der Waals surface area contributed by atoms with Crippen LogP contribution in [0.15, 0.2) is 28.9 Å². The molecule has 3 aromatic heterocycles. The van der Waals surface area contributed by atoms with Gasteiger partial charge in [-0.05, 0) is 26.0 Å². The fourth-order valence-corrected chi connectivity index (χ4v) is 4.24. The van der Waals surface area contributed by atoms with Crippen molar-refractivity contribution in [3.63, 3.8) is 0 Å². The minimum absolute atomic E-state index is 0.00373. The number of rotatable bonds is 3. The molecule has 1 aliphatic rings. The van der Waals surface area contributed by atoms with Crippen LogP contribution >= 0.6 is 11.3 Å². The van der Waals surface area contributed by atoms with Crippen LogP contribution in [0.2, 0.25) is 0 Å². The van der Waals surface area contributed by atoms with Gasteiger partial charge in [0.25, 0.3) is 5.91 Å². The zero-order valence-corrected chi connectivity index (χ0v) is 15.8. The molecule has 1 amide bonds. The van der Waals surface area contributed by atoms with Gasteiger partial charge in [-0.1, -0.05) is 0 Å². The van der Waals surface area contributed by atoms with Crippen LogP contribution in [0.4, 0.5) is 0 Å². The van der Waals surface area contributed by atoms with Crippen molar-refractivity contribution in [2.45, 2.75) is 19.9 Å². The highest BCUT2D eigenvalue weighted by atomic mass is 32.1. The molecule has 0 saturated carbocycles. The summed E-state index contributed by atoms with van der Waals surface area (Å²) in [6.07, 6.45) is 3.67. The van der Waals surface area contributed by atoms with E-state index in [1.165, 1.54) is 11.3 Å². The van der Waals surface area contributed by atoms with Crippen molar-refractivity contribution in [2.24, 2.45) is 7.05 Å². The minimum Gasteiger partial charge on any atom is -0.459 e. The Hall–Kier alpha value is -2.45. The molecule has 136 valence electrons. The predicted molar refractivity (Wildman–Crippen MR) is 99.1 cm³/mol. The molecule has 7 nitrogen and oxygen atoms in total. The number of aryl methyl sites for hydroxylation is 3. The van der Waals surface area contributed by atoms with E-state index in [-0.39, 0.29) is 11.9 Å². The van der Waals surface area contributed by atoms with Crippen LogP contribution in [0.25, 0.3) is 10.8 Å². The van der Waals surface area contributed by atoms with E-state index in [4.69, 9.17) is 4.42 Å². The van der Waals surface area contributed by atoms with Gasteiger partial charge in [0.05, 0.1) is 5.69 Å². The summed E-state index contributed by atoms with van der Waals surface area (Å²) < 4.78 is 7.63. The van der Waals surface area contributed by atoms with E-state index in [2.05, 4.69) is 15.3 Å². The number of piperazine rings is 1. The number of hydrogen-bond donors (Lipinski definition) is 1. The summed E-state index contributed by atoms with van der Waals surface area (Å²) in [4.78, 5) is 24.9. The van der Waals surface area contributed by atoms with E-state index in [9.17, 15) is 4.79 Å². The van der Waals surface area contributed by atoms with Crippen LogP contribution < -0.4 is 5.32 Å². The first-order valence-corrected chi connectivity index (χ1v) is 9.39. The van der Waals surface area contributed by atoms with E-state index >= 15 is 0 Å². The molecule has 3 aromatic rings. The quantitative estimate of drug-likeness (QED) is 0.766. The van der Waals surface area contributed by atoms with Crippen LogP contribution in [0.5, 0.6) is 0 Å². The van der Waals surface area contributed by atoms with Crippen molar-refractivity contribution in [1.29, 1.82) is 0 Å². The third kappa shape index (κ3) is 2.95. The number of amides is 1. The fraction of sp³-hybridized carbons (Fsp3) is 0.389. The van der Waals surface area contributed by atoms with Gasteiger partial charge in [0.2, 0.25) is 0 Å². The van der Waals surface area contributed by atoms with E-state index in [0.717, 1.165) is 28.8 Å². The Morgan fingerprint density at radius 2 is 2.23 bits per heavy atom. The molecule has 1 saturated heterocycles. The number of carbonyl (C=O) groups excluding carboxylic acids is 1. The summed E-state index contributed by atoms with van der Waals surface area (Å²) in [7, 11) is 1.95. The molecule has 0 aromatic carbocycles. The van der Waals surface area contributed by atoms with Crippen LogP contribution in [0.1, 0.15) is 33.0 Å². The average molecular weight is 371 g/mol. The van der Waals surface area contributed by atoms with Crippen molar-refractivity contribution in [3.8, 4) is 10.8 Å². The van der Waals surface area contributed by atoms with E-state index in [1.54, 1.807) is 6.20 Å². The lowest BCUT2D eigenvalue weighted by molar-refractivity contribution is 0.0625. The van der Waals surface area contributed by atoms with E-state index < -0.39 is 0 Å². The van der Waals surface area contributed by atoms with Crippen molar-refractivity contribution in [2.75, 3.05) is 19.6 Å². The molecule has 8 heteroatoms. The summed E-state index contributed by atoms with van der Waals surface area (Å²) in [5.74, 6) is 2.42. The molecule has 26 heavy (non-hydrogen) atoms. The Kier molecular flexibility index (Phi) is 4.37. The smallest absolute Gasteiger partial charge is 0.266 e. The highest BCUT2D eigenvalue weighted by molar-refractivity contribution is 7.17. The van der Waals surface area contributed by atoms with Gasteiger partial charge < -0.3 is 19.2 Å². The molecule has 0 bridgehead atoms. The summed E-state index contributed by atoms with van der Waals surface area (Å²) in [5.41, 5.74) is 0.737. The van der Waals surface area contributed by atoms with Gasteiger partial charge in [0.15, 0.2) is 10.8 Å². The first-order chi connectivity index (χ1) is 12.5. The summed E-state index contributed by atoms with van der Waals surface area (Å²) in [5, 5.41) is 4.10. The average Bonchev–Trinajstić information content (AvgIpc) is 3.34. The monoisotopic (exact) mass is 371 g/mol. The molecule has 0 aliphatic carbocycles. The number of carbonyl (C=O) groups is 1. The molecular formula is C18H21N5O2S. The second-order valence-electron chi connectivity index (χ2n) is 6.46. The molecule has 1 atom stereocenters. The van der Waals surface area contributed by atoms with Gasteiger partial charge in [-0.3, -0.25) is 4.79 Å². The maximum atomic E-state index is 13.3. The summed E-state index contributed by atoms with van der Waals surface area (Å²) >= 11 is 1.39. The van der Waals surface area contributed by atoms with Gasteiger partial charge in [-0.2, -0.15) is 0 Å². The van der Waals surface area contributed by atoms with Gasteiger partial charge in [0, 0.05) is 39.1 Å². The zero-order valence-electron chi connectivity index (χ0n) is 15.0. The molecule has 4 heterocycles. The third-order valence-electron chi connectivity index (χ3n) is 4.60. The number of thiazole rings is 1. The standard InChI is InChI=1S/C18H21N5O2S/c1-11-4-5-14(25-11)17-21-12(2)15(26-17)18(24)23-9-6-19-10-13(23)16-20-7-8-22(16)3/h4-5,7-8,13,19H,6,9-10H2,1-3H3. The SMILES string of the molecule is Cc1ccc(-c2nc(C)c(C(=O)N3CCNCC3c3nccn3C)s2)o1. The number of nitrogens with one attached hydrogen (secondary N) is 1. The van der Waals surface area contributed by atoms with Crippen molar-refractivity contribution >= 4 is 17.2 Å². The number of imidazole rings is 1. The highest BCUT2D eigenvalue weighted by Gasteiger charge is 2.33. The molecule has 1 N–H and O–H groups in total. The largest absolute Gasteiger partial charge is 0.459 e. The lowest BCUT2D eigenvalue weighted by atomic mass is 10.1. The summed E-state index contributed by atoms with van der Waals surface area (Å²) in [6, 6.07) is 3.71. The Labute approximate surface area is 155 Å². The molecule has 1 unspecified atom stereocenters. The maximum Gasteiger partial charge on any atom is 0.266 e. The maximum absolute atomic E-state index is 13.3. The van der Waals surface area contributed by atoms with E-state index in [0.29, 0.717) is 23.7 Å². The number of nitrogens with zero attached hydrogens (tertiary/aromatic N) is 4. The topological polar surface area (TPSA) is 76.2 Å². The van der Waals surface area contributed by atoms with Crippen LogP contribution in [-0.4, -0.2) is 45.0 Å². The summed E-state index contributed by atoms with van der Waals surface area (Å²) in [6.45, 7) is 5.88. The molecule has 1 aliphatic heterocycles. The van der Waals surface area contributed by atoms with Crippen molar-refractivity contribution in [3.05, 3.63) is 46.7 Å². The Morgan fingerprint density at radius 1 is 1.38 bits per heavy atom. The molecule has 0 radical (unpaired) electrons. The van der Waals surface area contributed by atoms with Gasteiger partial charge in [-0.25, -0.2) is 9.97 Å². The molecule has 4 rings (SSSR count). The van der Waals surface area contributed by atoms with Crippen LogP contribution in [0, 0.1) is 13.8 Å². The zero-order chi connectivity index (χ0) is 18.3. The lowest BCUT2D eigenvalue weighted by Gasteiger charge is -2.35. The normalized spacial score (nSPS) is 17.7. The number of aromatic nitrogens is 3. The van der Waals surface area contributed by atoms with Crippen LogP contribution in [-0.2, 0) is 7.05 Å². The van der Waals surface area contributed by atoms with Gasteiger partial charge >= 0.3 is 0 Å². The molecule has 0 spiro atoms. The lowest BCUT2D eigenvalue weighted by Crippen LogP contribution is -2.49. The van der Waals surface area contributed by atoms with Gasteiger partial charge in [0.1, 0.15) is 22.5 Å². The van der Waals surface area contributed by atoms with Crippen molar-refractivity contribution in [1.82, 2.24) is 24.8 Å². The number of furan rings is 1. The Balaban J connectivity index is 1.66. The van der Waals surface area contributed by atoms with Crippen molar-refractivity contribution < 1.29 is 9.21 Å². The second-order valence-corrected chi connectivity index (χ2v) is 7.46. The minimum atomic E-state index is -0.0907. The van der Waals surface area contributed by atoms with E-state index in [1.807, 2.05) is 48.7 Å². The first-order valence-electron chi connectivity index (χ1n) is 8.57. The number of hydrogen-bond acceptors (Lipinski definition) is 6. The molecule has 1 fully saturated rings. The Bertz CT molecular complexity index is 941. The highest BCUT2D eigenvalue weighted by Crippen LogP contribution is 2.32. The van der Waals surface area contributed by atoms with Crippen LogP contribution in [0.3, 0.4) is 0 Å².